The van der Waals surface area contributed by atoms with Crippen LogP contribution in [0.3, 0.4) is 0 Å². The maximum absolute atomic E-state index is 6.22. The van der Waals surface area contributed by atoms with Gasteiger partial charge in [-0.05, 0) is 12.1 Å². The van der Waals surface area contributed by atoms with Crippen LogP contribution in [-0.2, 0) is 4.74 Å². The highest BCUT2D eigenvalue weighted by Crippen LogP contribution is 2.18. The summed E-state index contributed by atoms with van der Waals surface area (Å²) >= 11 is 0. The van der Waals surface area contributed by atoms with Gasteiger partial charge in [0.05, 0.1) is 23.0 Å². The Bertz CT molecular complexity index is 1010. The molecule has 0 saturated carbocycles. The Hall–Kier alpha value is -3.43. The Kier molecular flexibility index (Phi) is 7.97. The molecule has 3 rings (SSSR count). The number of para-hydroxylation sites is 1. The predicted octanol–water partition coefficient (Wildman–Crippen LogP) is 0.859. The number of rotatable bonds is 7. The van der Waals surface area contributed by atoms with Gasteiger partial charge in [-0.2, -0.15) is 0 Å². The highest BCUT2D eigenvalue weighted by molar-refractivity contribution is 6.01. The van der Waals surface area contributed by atoms with Gasteiger partial charge in [-0.1, -0.05) is 18.2 Å². The van der Waals surface area contributed by atoms with E-state index in [1.165, 1.54) is 6.20 Å². The number of amidine groups is 1. The van der Waals surface area contributed by atoms with Gasteiger partial charge in [0.25, 0.3) is 0 Å². The molecule has 7 N–H and O–H groups in total. The maximum Gasteiger partial charge on any atom is 0.219 e. The van der Waals surface area contributed by atoms with Crippen LogP contribution in [0.4, 0.5) is 5.69 Å². The third kappa shape index (κ3) is 6.27. The van der Waals surface area contributed by atoms with Gasteiger partial charge >= 0.3 is 0 Å². The van der Waals surface area contributed by atoms with Crippen LogP contribution in [-0.4, -0.2) is 68.0 Å². The summed E-state index contributed by atoms with van der Waals surface area (Å²) < 4.78 is 5.84. The molecule has 1 aromatic carbocycles. The number of fused-ring (bicyclic) bond motifs is 1. The third-order valence-electron chi connectivity index (χ3n) is 4.90. The van der Waals surface area contributed by atoms with E-state index in [0.717, 1.165) is 43.6 Å². The van der Waals surface area contributed by atoms with Crippen molar-refractivity contribution in [2.75, 3.05) is 46.4 Å². The third-order valence-corrected chi connectivity index (χ3v) is 4.90. The molecule has 0 unspecified atom stereocenters. The highest BCUT2D eigenvalue weighted by Gasteiger charge is 2.14. The standard InChI is InChI=1S/C22H30N8O/c1-26-22(31-11-10-30-8-6-27-7-9-30)18(14-23)19(24)13-21(25)29-17-12-16-4-2-3-5-20(16)28-15-17/h2-5,12-15,27H,6-11,23-24H2,1H3,(H2,25,29)/b18-14?,19-13-,26-22?. The first-order chi connectivity index (χ1) is 15.1. The van der Waals surface area contributed by atoms with Gasteiger partial charge in [0.1, 0.15) is 12.4 Å². The molecule has 2 heterocycles. The Balaban J connectivity index is 1.66. The van der Waals surface area contributed by atoms with Crippen LogP contribution < -0.4 is 22.5 Å². The average Bonchev–Trinajstić information content (AvgIpc) is 2.79. The molecule has 1 aliphatic rings. The number of benzene rings is 1. The number of pyridine rings is 1. The number of nitrogens with one attached hydrogen (secondary N) is 1. The molecule has 0 spiro atoms. The van der Waals surface area contributed by atoms with Gasteiger partial charge in [0.15, 0.2) is 0 Å². The summed E-state index contributed by atoms with van der Waals surface area (Å²) in [4.78, 5) is 15.3. The molecule has 9 nitrogen and oxygen atoms in total. The van der Waals surface area contributed by atoms with Gasteiger partial charge in [-0.3, -0.25) is 14.9 Å². The van der Waals surface area contributed by atoms with E-state index in [4.69, 9.17) is 21.9 Å². The summed E-state index contributed by atoms with van der Waals surface area (Å²) in [6.45, 7) is 5.28. The van der Waals surface area contributed by atoms with Crippen LogP contribution >= 0.6 is 0 Å². The summed E-state index contributed by atoms with van der Waals surface area (Å²) in [5.41, 5.74) is 20.4. The zero-order valence-corrected chi connectivity index (χ0v) is 17.8. The summed E-state index contributed by atoms with van der Waals surface area (Å²) in [5.74, 6) is 0.594. The molecule has 0 bridgehead atoms. The molecule has 9 heteroatoms. The molecule has 2 aromatic rings. The lowest BCUT2D eigenvalue weighted by Crippen LogP contribution is -2.44. The number of ether oxygens (including phenoxy) is 1. The Morgan fingerprint density at radius 2 is 2.03 bits per heavy atom. The molecular formula is C22H30N8O. The smallest absolute Gasteiger partial charge is 0.219 e. The zero-order valence-electron chi connectivity index (χ0n) is 17.8. The van der Waals surface area contributed by atoms with Crippen LogP contribution in [0.15, 0.2) is 70.1 Å². The van der Waals surface area contributed by atoms with Crippen LogP contribution in [0, 0.1) is 0 Å². The monoisotopic (exact) mass is 422 g/mol. The predicted molar refractivity (Wildman–Crippen MR) is 126 cm³/mol. The summed E-state index contributed by atoms with van der Waals surface area (Å²) in [6.07, 6.45) is 4.57. The summed E-state index contributed by atoms with van der Waals surface area (Å²) in [5, 5.41) is 4.31. The fourth-order valence-electron chi connectivity index (χ4n) is 3.30. The van der Waals surface area contributed by atoms with Gasteiger partial charge < -0.3 is 27.3 Å². The number of hydrogen-bond donors (Lipinski definition) is 4. The van der Waals surface area contributed by atoms with Crippen molar-refractivity contribution in [3.05, 3.63) is 60.1 Å². The van der Waals surface area contributed by atoms with E-state index in [-0.39, 0.29) is 5.84 Å². The minimum Gasteiger partial charge on any atom is -0.476 e. The number of hydrogen-bond acceptors (Lipinski definition) is 8. The van der Waals surface area contributed by atoms with Crippen molar-refractivity contribution in [3.8, 4) is 0 Å². The lowest BCUT2D eigenvalue weighted by molar-refractivity contribution is 0.186. The SMILES string of the molecule is CN=C(OCCN1CCNCC1)C(=CN)/C(N)=C/C(N)=Nc1cnc2ccccc2c1. The minimum absolute atomic E-state index is 0.227. The van der Waals surface area contributed by atoms with E-state index in [2.05, 4.69) is 25.2 Å². The Morgan fingerprint density at radius 3 is 2.77 bits per heavy atom. The van der Waals surface area contributed by atoms with E-state index in [1.807, 2.05) is 30.3 Å². The number of aromatic nitrogens is 1. The van der Waals surface area contributed by atoms with Gasteiger partial charge in [-0.25, -0.2) is 4.99 Å². The van der Waals surface area contributed by atoms with E-state index < -0.39 is 0 Å². The van der Waals surface area contributed by atoms with Crippen molar-refractivity contribution in [1.29, 1.82) is 0 Å². The highest BCUT2D eigenvalue weighted by atomic mass is 16.5. The lowest BCUT2D eigenvalue weighted by atomic mass is 10.2. The molecule has 1 aliphatic heterocycles. The fourth-order valence-corrected chi connectivity index (χ4v) is 3.30. The lowest BCUT2D eigenvalue weighted by Gasteiger charge is -2.27. The number of nitrogens with two attached hydrogens (primary N) is 3. The van der Waals surface area contributed by atoms with E-state index in [9.17, 15) is 0 Å². The van der Waals surface area contributed by atoms with Crippen molar-refractivity contribution in [2.45, 2.75) is 0 Å². The second kappa shape index (κ2) is 11.1. The van der Waals surface area contributed by atoms with E-state index in [0.29, 0.717) is 29.5 Å². The Morgan fingerprint density at radius 1 is 1.26 bits per heavy atom. The summed E-state index contributed by atoms with van der Waals surface area (Å²) in [6, 6.07) is 9.71. The number of piperazine rings is 1. The second-order valence-corrected chi connectivity index (χ2v) is 7.07. The molecule has 164 valence electrons. The van der Waals surface area contributed by atoms with Crippen molar-refractivity contribution in [3.63, 3.8) is 0 Å². The topological polar surface area (TPSA) is 140 Å². The van der Waals surface area contributed by atoms with Crippen molar-refractivity contribution >= 4 is 28.3 Å². The first-order valence-corrected chi connectivity index (χ1v) is 10.2. The quantitative estimate of drug-likeness (QED) is 0.295. The Labute approximate surface area is 182 Å². The molecule has 1 fully saturated rings. The largest absolute Gasteiger partial charge is 0.476 e. The van der Waals surface area contributed by atoms with E-state index >= 15 is 0 Å². The first-order valence-electron chi connectivity index (χ1n) is 10.2. The number of nitrogens with zero attached hydrogens (tertiary/aromatic N) is 4. The van der Waals surface area contributed by atoms with Crippen molar-refractivity contribution in [1.82, 2.24) is 15.2 Å². The molecule has 1 saturated heterocycles. The van der Waals surface area contributed by atoms with Crippen LogP contribution in [0.5, 0.6) is 0 Å². The first kappa shape index (κ1) is 22.3. The minimum atomic E-state index is 0.227. The second-order valence-electron chi connectivity index (χ2n) is 7.07. The molecule has 1 aromatic heterocycles. The van der Waals surface area contributed by atoms with Crippen LogP contribution in [0.25, 0.3) is 10.9 Å². The molecule has 0 radical (unpaired) electrons. The van der Waals surface area contributed by atoms with E-state index in [1.54, 1.807) is 19.3 Å². The molecular weight excluding hydrogens is 392 g/mol. The average molecular weight is 423 g/mol. The molecule has 31 heavy (non-hydrogen) atoms. The van der Waals surface area contributed by atoms with Gasteiger partial charge in [0.2, 0.25) is 5.90 Å². The number of aliphatic imine (C=N–C) groups is 2. The molecule has 0 atom stereocenters. The van der Waals surface area contributed by atoms with Crippen LogP contribution in [0.1, 0.15) is 0 Å². The zero-order chi connectivity index (χ0) is 22.1. The van der Waals surface area contributed by atoms with Gasteiger partial charge in [-0.15, -0.1) is 0 Å². The van der Waals surface area contributed by atoms with Gasteiger partial charge in [0, 0.05) is 63.1 Å². The molecule has 0 aliphatic carbocycles. The normalized spacial score (nSPS) is 17.2. The van der Waals surface area contributed by atoms with Crippen molar-refractivity contribution in [2.24, 2.45) is 27.2 Å². The molecule has 0 amide bonds. The van der Waals surface area contributed by atoms with Crippen LogP contribution in [0.2, 0.25) is 0 Å². The fraction of sp³-hybridized carbons (Fsp3) is 0.318. The van der Waals surface area contributed by atoms with Crippen molar-refractivity contribution < 1.29 is 4.74 Å². The summed E-state index contributed by atoms with van der Waals surface area (Å²) in [7, 11) is 1.63. The maximum atomic E-state index is 6.22.